The smallest absolute Gasteiger partial charge is 0.266 e. The fraction of sp³-hybridized carbons (Fsp3) is 0.125. The first-order valence-corrected chi connectivity index (χ1v) is 9.03. The van der Waals surface area contributed by atoms with E-state index < -0.39 is 10.0 Å². The Kier molecular flexibility index (Phi) is 5.05. The molecule has 2 N–H and O–H groups in total. The normalized spacial score (nSPS) is 11.3. The SMILES string of the molecule is CC(=O)Nc1ccc(S(=O)(=O)NCc2nnc(-c3ccccn3)o2)cc1. The second-order valence-corrected chi connectivity index (χ2v) is 7.01. The van der Waals surface area contributed by atoms with Crippen LogP contribution in [0.15, 0.2) is 58.0 Å². The molecule has 0 aliphatic rings. The van der Waals surface area contributed by atoms with Crippen molar-refractivity contribution in [2.24, 2.45) is 0 Å². The average Bonchev–Trinajstić information content (AvgIpc) is 3.10. The number of hydrogen-bond donors (Lipinski definition) is 2. The van der Waals surface area contributed by atoms with Crippen LogP contribution in [0.25, 0.3) is 11.6 Å². The minimum Gasteiger partial charge on any atom is -0.418 e. The molecule has 1 amide bonds. The van der Waals surface area contributed by atoms with Crippen molar-refractivity contribution in [1.82, 2.24) is 19.9 Å². The van der Waals surface area contributed by atoms with E-state index in [1.54, 1.807) is 24.4 Å². The maximum Gasteiger partial charge on any atom is 0.266 e. The Morgan fingerprint density at radius 3 is 2.54 bits per heavy atom. The molecule has 0 saturated heterocycles. The van der Waals surface area contributed by atoms with E-state index in [9.17, 15) is 13.2 Å². The molecular weight excluding hydrogens is 358 g/mol. The highest BCUT2D eigenvalue weighted by Crippen LogP contribution is 2.16. The largest absolute Gasteiger partial charge is 0.418 e. The molecule has 26 heavy (non-hydrogen) atoms. The molecular formula is C16H15N5O4S. The number of aromatic nitrogens is 3. The number of rotatable bonds is 6. The molecule has 1 aromatic carbocycles. The molecule has 9 nitrogen and oxygen atoms in total. The summed E-state index contributed by atoms with van der Waals surface area (Å²) in [6, 6.07) is 11.0. The number of carbonyl (C=O) groups excluding carboxylic acids is 1. The van der Waals surface area contributed by atoms with Crippen LogP contribution < -0.4 is 10.0 Å². The van der Waals surface area contributed by atoms with E-state index in [4.69, 9.17) is 4.42 Å². The predicted octanol–water partition coefficient (Wildman–Crippen LogP) is 1.57. The highest BCUT2D eigenvalue weighted by Gasteiger charge is 2.16. The second kappa shape index (κ2) is 7.42. The van der Waals surface area contributed by atoms with Crippen LogP contribution in [0.2, 0.25) is 0 Å². The summed E-state index contributed by atoms with van der Waals surface area (Å²) < 4.78 is 32.4. The maximum atomic E-state index is 12.3. The summed E-state index contributed by atoms with van der Waals surface area (Å²) in [5.41, 5.74) is 1.01. The van der Waals surface area contributed by atoms with Crippen LogP contribution in [0.1, 0.15) is 12.8 Å². The third-order valence-electron chi connectivity index (χ3n) is 3.25. The Morgan fingerprint density at radius 1 is 1.12 bits per heavy atom. The molecule has 0 aliphatic heterocycles. The number of sulfonamides is 1. The zero-order valence-electron chi connectivity index (χ0n) is 13.7. The lowest BCUT2D eigenvalue weighted by atomic mass is 10.3. The number of anilines is 1. The summed E-state index contributed by atoms with van der Waals surface area (Å²) >= 11 is 0. The third-order valence-corrected chi connectivity index (χ3v) is 4.67. The summed E-state index contributed by atoms with van der Waals surface area (Å²) in [5, 5.41) is 10.2. The molecule has 10 heteroatoms. The summed E-state index contributed by atoms with van der Waals surface area (Å²) in [4.78, 5) is 15.1. The monoisotopic (exact) mass is 373 g/mol. The van der Waals surface area contributed by atoms with Crippen LogP contribution in [0.3, 0.4) is 0 Å². The van der Waals surface area contributed by atoms with Crippen molar-refractivity contribution >= 4 is 21.6 Å². The molecule has 0 aliphatic carbocycles. The first kappa shape index (κ1) is 17.7. The zero-order valence-corrected chi connectivity index (χ0v) is 14.5. The fourth-order valence-electron chi connectivity index (χ4n) is 2.08. The Bertz CT molecular complexity index is 1000. The molecule has 0 fully saturated rings. The first-order valence-electron chi connectivity index (χ1n) is 7.55. The number of carbonyl (C=O) groups is 1. The lowest BCUT2D eigenvalue weighted by Crippen LogP contribution is -2.23. The molecule has 0 radical (unpaired) electrons. The lowest BCUT2D eigenvalue weighted by Gasteiger charge is -2.06. The molecule has 0 bridgehead atoms. The van der Waals surface area contributed by atoms with Crippen LogP contribution in [-0.4, -0.2) is 29.5 Å². The number of nitrogens with zero attached hydrogens (tertiary/aromatic N) is 3. The van der Waals surface area contributed by atoms with Gasteiger partial charge < -0.3 is 9.73 Å². The van der Waals surface area contributed by atoms with Gasteiger partial charge in [-0.15, -0.1) is 10.2 Å². The maximum absolute atomic E-state index is 12.3. The summed E-state index contributed by atoms with van der Waals surface area (Å²) in [6.07, 6.45) is 1.59. The fourth-order valence-corrected chi connectivity index (χ4v) is 3.05. The van der Waals surface area contributed by atoms with Gasteiger partial charge in [0, 0.05) is 18.8 Å². The average molecular weight is 373 g/mol. The predicted molar refractivity (Wildman–Crippen MR) is 92.3 cm³/mol. The van der Waals surface area contributed by atoms with Crippen molar-refractivity contribution in [2.45, 2.75) is 18.4 Å². The standard InChI is InChI=1S/C16H15N5O4S/c1-11(22)19-12-5-7-13(8-6-12)26(23,24)18-10-15-20-21-16(25-15)14-4-2-3-9-17-14/h2-9,18H,10H2,1H3,(H,19,22). The highest BCUT2D eigenvalue weighted by atomic mass is 32.2. The van der Waals surface area contributed by atoms with Crippen molar-refractivity contribution in [3.05, 3.63) is 54.6 Å². The zero-order chi connectivity index (χ0) is 18.6. The molecule has 2 heterocycles. The van der Waals surface area contributed by atoms with Gasteiger partial charge in [-0.05, 0) is 36.4 Å². The van der Waals surface area contributed by atoms with Crippen LogP contribution in [0.4, 0.5) is 5.69 Å². The quantitative estimate of drug-likeness (QED) is 0.671. The minimum absolute atomic E-state index is 0.0519. The number of nitrogens with one attached hydrogen (secondary N) is 2. The lowest BCUT2D eigenvalue weighted by molar-refractivity contribution is -0.114. The molecule has 2 aromatic heterocycles. The van der Waals surface area contributed by atoms with Crippen LogP contribution >= 0.6 is 0 Å². The molecule has 0 spiro atoms. The molecule has 3 aromatic rings. The van der Waals surface area contributed by atoms with Gasteiger partial charge in [-0.1, -0.05) is 6.07 Å². The van der Waals surface area contributed by atoms with Gasteiger partial charge in [0.15, 0.2) is 0 Å². The van der Waals surface area contributed by atoms with Gasteiger partial charge in [0.05, 0.1) is 11.4 Å². The second-order valence-electron chi connectivity index (χ2n) is 5.25. The van der Waals surface area contributed by atoms with Crippen molar-refractivity contribution in [3.8, 4) is 11.6 Å². The van der Waals surface area contributed by atoms with E-state index in [1.165, 1.54) is 31.2 Å². The van der Waals surface area contributed by atoms with E-state index in [-0.39, 0.29) is 29.1 Å². The molecule has 0 atom stereocenters. The first-order chi connectivity index (χ1) is 12.4. The van der Waals surface area contributed by atoms with Gasteiger partial charge in [-0.2, -0.15) is 0 Å². The molecule has 0 unspecified atom stereocenters. The third kappa shape index (κ3) is 4.29. The number of pyridine rings is 1. The van der Waals surface area contributed by atoms with Crippen molar-refractivity contribution < 1.29 is 17.6 Å². The minimum atomic E-state index is -3.77. The van der Waals surface area contributed by atoms with Crippen molar-refractivity contribution in [2.75, 3.05) is 5.32 Å². The van der Waals surface area contributed by atoms with Crippen molar-refractivity contribution in [1.29, 1.82) is 0 Å². The van der Waals surface area contributed by atoms with Gasteiger partial charge in [-0.3, -0.25) is 9.78 Å². The van der Waals surface area contributed by atoms with Crippen LogP contribution in [0, 0.1) is 0 Å². The van der Waals surface area contributed by atoms with Gasteiger partial charge in [-0.25, -0.2) is 13.1 Å². The van der Waals surface area contributed by atoms with E-state index in [0.29, 0.717) is 11.4 Å². The summed E-state index contributed by atoms with van der Waals surface area (Å²) in [6.45, 7) is 1.21. The van der Waals surface area contributed by atoms with Gasteiger partial charge in [0.1, 0.15) is 5.69 Å². The Balaban J connectivity index is 1.67. The number of amides is 1. The number of benzene rings is 1. The molecule has 134 valence electrons. The van der Waals surface area contributed by atoms with E-state index >= 15 is 0 Å². The van der Waals surface area contributed by atoms with E-state index in [2.05, 4.69) is 25.2 Å². The van der Waals surface area contributed by atoms with Crippen LogP contribution in [0.5, 0.6) is 0 Å². The van der Waals surface area contributed by atoms with Crippen LogP contribution in [-0.2, 0) is 21.4 Å². The Morgan fingerprint density at radius 2 is 1.88 bits per heavy atom. The Labute approximate surface area is 149 Å². The Hall–Kier alpha value is -3.11. The van der Waals surface area contributed by atoms with Gasteiger partial charge >= 0.3 is 0 Å². The molecule has 3 rings (SSSR count). The summed E-state index contributed by atoms with van der Waals surface area (Å²) in [7, 11) is -3.77. The molecule has 0 saturated carbocycles. The van der Waals surface area contributed by atoms with E-state index in [1.807, 2.05) is 0 Å². The summed E-state index contributed by atoms with van der Waals surface area (Å²) in [5.74, 6) is 0.0855. The number of hydrogen-bond acceptors (Lipinski definition) is 7. The topological polar surface area (TPSA) is 127 Å². The van der Waals surface area contributed by atoms with Gasteiger partial charge in [0.2, 0.25) is 21.8 Å². The van der Waals surface area contributed by atoms with Gasteiger partial charge in [0.25, 0.3) is 5.89 Å². The highest BCUT2D eigenvalue weighted by molar-refractivity contribution is 7.89. The van der Waals surface area contributed by atoms with E-state index in [0.717, 1.165) is 0 Å². The van der Waals surface area contributed by atoms with Crippen molar-refractivity contribution in [3.63, 3.8) is 0 Å².